The lowest BCUT2D eigenvalue weighted by molar-refractivity contribution is 0.0696. The van der Waals surface area contributed by atoms with E-state index in [0.717, 1.165) is 10.0 Å². The predicted molar refractivity (Wildman–Crippen MR) is 85.8 cm³/mol. The van der Waals surface area contributed by atoms with E-state index in [9.17, 15) is 9.90 Å². The summed E-state index contributed by atoms with van der Waals surface area (Å²) in [5.41, 5.74) is 2.65. The van der Waals surface area contributed by atoms with Crippen LogP contribution in [0.3, 0.4) is 0 Å². The van der Waals surface area contributed by atoms with Crippen LogP contribution < -0.4 is 0 Å². The van der Waals surface area contributed by atoms with Crippen LogP contribution in [0.2, 0.25) is 0 Å². The Hall–Kier alpha value is -2.28. The molecule has 0 fully saturated rings. The van der Waals surface area contributed by atoms with Gasteiger partial charge >= 0.3 is 5.97 Å². The second-order valence-electron chi connectivity index (χ2n) is 4.84. The second kappa shape index (κ2) is 5.49. The first kappa shape index (κ1) is 14.6. The van der Waals surface area contributed by atoms with Gasteiger partial charge in [-0.25, -0.2) is 14.5 Å². The van der Waals surface area contributed by atoms with E-state index >= 15 is 0 Å². The molecule has 0 atom stereocenters. The summed E-state index contributed by atoms with van der Waals surface area (Å²) < 4.78 is 2.54. The number of aromatic nitrogens is 4. The molecule has 0 saturated carbocycles. The molecule has 0 saturated heterocycles. The van der Waals surface area contributed by atoms with Crippen molar-refractivity contribution >= 4 is 32.9 Å². The molecule has 112 valence electrons. The molecule has 6 nitrogen and oxygen atoms in total. The number of halogens is 1. The van der Waals surface area contributed by atoms with Gasteiger partial charge < -0.3 is 5.11 Å². The lowest BCUT2D eigenvalue weighted by atomic mass is 9.97. The summed E-state index contributed by atoms with van der Waals surface area (Å²) in [7, 11) is 0. The maximum absolute atomic E-state index is 11.7. The van der Waals surface area contributed by atoms with Crippen LogP contribution in [0.4, 0.5) is 0 Å². The fourth-order valence-corrected chi connectivity index (χ4v) is 2.91. The van der Waals surface area contributed by atoms with Crippen molar-refractivity contribution in [2.24, 2.45) is 0 Å². The van der Waals surface area contributed by atoms with Crippen LogP contribution >= 0.6 is 15.9 Å². The molecule has 0 aliphatic heterocycles. The van der Waals surface area contributed by atoms with Gasteiger partial charge in [0.25, 0.3) is 0 Å². The topological polar surface area (TPSA) is 80.9 Å². The predicted octanol–water partition coefficient (Wildman–Crippen LogP) is 3.28. The largest absolute Gasteiger partial charge is 0.478 e. The molecule has 1 N–H and O–H groups in total. The van der Waals surface area contributed by atoms with Crippen molar-refractivity contribution in [1.82, 2.24) is 19.7 Å². The third-order valence-corrected chi connectivity index (χ3v) is 3.91. The zero-order chi connectivity index (χ0) is 15.9. The molecule has 0 radical (unpaired) electrons. The van der Waals surface area contributed by atoms with Gasteiger partial charge in [-0.3, -0.25) is 4.98 Å². The minimum atomic E-state index is -1.01. The summed E-state index contributed by atoms with van der Waals surface area (Å²) in [6, 6.07) is 1.84. The maximum atomic E-state index is 11.7. The molecule has 0 aromatic carbocycles. The summed E-state index contributed by atoms with van der Waals surface area (Å²) in [6.45, 7) is 4.33. The molecule has 0 aliphatic carbocycles. The van der Waals surface area contributed by atoms with E-state index in [0.29, 0.717) is 28.8 Å². The first-order chi connectivity index (χ1) is 10.5. The molecule has 0 aliphatic rings. The van der Waals surface area contributed by atoms with Gasteiger partial charge in [-0.1, -0.05) is 0 Å². The number of carbonyl (C=O) groups is 1. The van der Waals surface area contributed by atoms with E-state index in [-0.39, 0.29) is 5.56 Å². The van der Waals surface area contributed by atoms with Crippen LogP contribution in [0.5, 0.6) is 0 Å². The maximum Gasteiger partial charge on any atom is 0.338 e. The van der Waals surface area contributed by atoms with E-state index < -0.39 is 5.97 Å². The highest BCUT2D eigenvalue weighted by Crippen LogP contribution is 2.33. The number of carboxylic acids is 1. The number of pyridine rings is 2. The lowest BCUT2D eigenvalue weighted by Crippen LogP contribution is -2.07. The van der Waals surface area contributed by atoms with Gasteiger partial charge in [-0.15, -0.1) is 0 Å². The Labute approximate surface area is 134 Å². The van der Waals surface area contributed by atoms with Crippen molar-refractivity contribution in [2.75, 3.05) is 0 Å². The van der Waals surface area contributed by atoms with E-state index in [1.807, 2.05) is 13.0 Å². The van der Waals surface area contributed by atoms with Crippen molar-refractivity contribution < 1.29 is 9.90 Å². The number of fused-ring (bicyclic) bond motifs is 1. The van der Waals surface area contributed by atoms with Gasteiger partial charge in [0.15, 0.2) is 5.65 Å². The van der Waals surface area contributed by atoms with Gasteiger partial charge in [0, 0.05) is 39.9 Å². The van der Waals surface area contributed by atoms with E-state index in [1.165, 1.54) is 0 Å². The molecule has 0 spiro atoms. The number of nitrogens with zero attached hydrogens (tertiary/aromatic N) is 4. The molecule has 3 heterocycles. The monoisotopic (exact) mass is 360 g/mol. The second-order valence-corrected chi connectivity index (χ2v) is 5.76. The molecule has 7 heteroatoms. The number of carboxylic acid groups (broad SMARTS) is 1. The van der Waals surface area contributed by atoms with Gasteiger partial charge in [0.2, 0.25) is 0 Å². The number of hydrogen-bond donors (Lipinski definition) is 1. The molecule has 0 amide bonds. The third kappa shape index (κ3) is 2.27. The van der Waals surface area contributed by atoms with Crippen LogP contribution in [0.1, 0.15) is 23.0 Å². The Balaban J connectivity index is 2.46. The number of aromatic carboxylic acids is 1. The van der Waals surface area contributed by atoms with Crippen molar-refractivity contribution in [1.29, 1.82) is 0 Å². The Kier molecular flexibility index (Phi) is 3.66. The van der Waals surface area contributed by atoms with Crippen molar-refractivity contribution in [3.8, 4) is 11.1 Å². The first-order valence-electron chi connectivity index (χ1n) is 6.73. The average Bonchev–Trinajstić information content (AvgIpc) is 2.87. The van der Waals surface area contributed by atoms with E-state index in [2.05, 4.69) is 31.0 Å². The normalized spacial score (nSPS) is 11.0. The fourth-order valence-electron chi connectivity index (χ4n) is 2.55. The van der Waals surface area contributed by atoms with Gasteiger partial charge in [0.1, 0.15) is 0 Å². The Morgan fingerprint density at radius 1 is 1.36 bits per heavy atom. The summed E-state index contributed by atoms with van der Waals surface area (Å²) in [5.74, 6) is -1.01. The zero-order valence-corrected chi connectivity index (χ0v) is 13.6. The lowest BCUT2D eigenvalue weighted by Gasteiger charge is -2.11. The molecule has 0 unspecified atom stereocenters. The minimum Gasteiger partial charge on any atom is -0.478 e. The summed E-state index contributed by atoms with van der Waals surface area (Å²) in [6.07, 6.45) is 4.97. The molecular weight excluding hydrogens is 348 g/mol. The van der Waals surface area contributed by atoms with Crippen LogP contribution in [0, 0.1) is 6.92 Å². The first-order valence-corrected chi connectivity index (χ1v) is 7.52. The summed E-state index contributed by atoms with van der Waals surface area (Å²) >= 11 is 3.38. The molecule has 0 bridgehead atoms. The van der Waals surface area contributed by atoms with Crippen molar-refractivity contribution in [3.05, 3.63) is 40.4 Å². The minimum absolute atomic E-state index is 0.183. The summed E-state index contributed by atoms with van der Waals surface area (Å²) in [5, 5.41) is 14.6. The molecule has 22 heavy (non-hydrogen) atoms. The van der Waals surface area contributed by atoms with Crippen LogP contribution in [-0.4, -0.2) is 30.8 Å². The van der Waals surface area contributed by atoms with Crippen LogP contribution in [0.15, 0.2) is 29.1 Å². The zero-order valence-electron chi connectivity index (χ0n) is 12.0. The van der Waals surface area contributed by atoms with Gasteiger partial charge in [0.05, 0.1) is 17.5 Å². The Bertz CT molecular complexity index is 889. The SMILES string of the molecule is CCn1ncc2c(-c3cncc(Br)c3)c(C(=O)O)c(C)nc21. The third-order valence-electron chi connectivity index (χ3n) is 3.47. The highest BCUT2D eigenvalue weighted by atomic mass is 79.9. The average molecular weight is 361 g/mol. The molecule has 3 aromatic rings. The van der Waals surface area contributed by atoms with Crippen LogP contribution in [-0.2, 0) is 6.54 Å². The summed E-state index contributed by atoms with van der Waals surface area (Å²) in [4.78, 5) is 20.3. The number of rotatable bonds is 3. The van der Waals surface area contributed by atoms with Crippen LogP contribution in [0.25, 0.3) is 22.2 Å². The Morgan fingerprint density at radius 2 is 2.14 bits per heavy atom. The van der Waals surface area contributed by atoms with E-state index in [1.54, 1.807) is 30.2 Å². The molecule has 3 rings (SSSR count). The number of hydrogen-bond acceptors (Lipinski definition) is 4. The number of aryl methyl sites for hydroxylation is 2. The highest BCUT2D eigenvalue weighted by molar-refractivity contribution is 9.10. The highest BCUT2D eigenvalue weighted by Gasteiger charge is 2.22. The standard InChI is InChI=1S/C15H13BrN4O2/c1-3-20-14-11(7-18-20)13(9-4-10(16)6-17-5-9)12(15(21)22)8(2)19-14/h4-7H,3H2,1-2H3,(H,21,22). The molecular formula is C15H13BrN4O2. The fraction of sp³-hybridized carbons (Fsp3) is 0.200. The van der Waals surface area contributed by atoms with Crippen molar-refractivity contribution in [3.63, 3.8) is 0 Å². The Morgan fingerprint density at radius 3 is 2.77 bits per heavy atom. The van der Waals surface area contributed by atoms with Gasteiger partial charge in [-0.2, -0.15) is 5.10 Å². The van der Waals surface area contributed by atoms with E-state index in [4.69, 9.17) is 0 Å². The molecule has 3 aromatic heterocycles. The quantitative estimate of drug-likeness (QED) is 0.774. The van der Waals surface area contributed by atoms with Crippen molar-refractivity contribution in [2.45, 2.75) is 20.4 Å². The smallest absolute Gasteiger partial charge is 0.338 e. The van der Waals surface area contributed by atoms with Gasteiger partial charge in [-0.05, 0) is 35.8 Å².